The number of rotatable bonds is 13. The lowest BCUT2D eigenvalue weighted by atomic mass is 9.95. The van der Waals surface area contributed by atoms with Crippen LogP contribution in [0.25, 0.3) is 0 Å². The molecule has 20 nitrogen and oxygen atoms in total. The Balaban J connectivity index is 1.83. The van der Waals surface area contributed by atoms with Crippen molar-refractivity contribution in [1.82, 2.24) is 35.6 Å². The van der Waals surface area contributed by atoms with Crippen molar-refractivity contribution in [2.24, 2.45) is 23.7 Å². The van der Waals surface area contributed by atoms with Gasteiger partial charge in [0.05, 0.1) is 18.6 Å². The van der Waals surface area contributed by atoms with E-state index >= 15 is 0 Å². The van der Waals surface area contributed by atoms with Crippen molar-refractivity contribution in [3.8, 4) is 0 Å². The molecule has 1 aromatic carbocycles. The van der Waals surface area contributed by atoms with Crippen molar-refractivity contribution in [3.05, 3.63) is 35.9 Å². The van der Waals surface area contributed by atoms with Gasteiger partial charge in [-0.3, -0.25) is 38.4 Å². The molecule has 2 unspecified atom stereocenters. The summed E-state index contributed by atoms with van der Waals surface area (Å²) in [5, 5.41) is 30.0. The van der Waals surface area contributed by atoms with Crippen LogP contribution < -0.4 is 16.0 Å². The molecule has 1 aromatic rings. The van der Waals surface area contributed by atoms with E-state index in [9.17, 15) is 53.4 Å². The van der Waals surface area contributed by atoms with Crippen LogP contribution in [0.4, 0.5) is 0 Å². The Morgan fingerprint density at radius 3 is 2.06 bits per heavy atom. The topological polar surface area (TPSA) is 262 Å². The van der Waals surface area contributed by atoms with Crippen molar-refractivity contribution in [2.45, 2.75) is 187 Å². The number of amides is 7. The van der Waals surface area contributed by atoms with Crippen LogP contribution in [0.15, 0.2) is 30.3 Å². The van der Waals surface area contributed by atoms with Gasteiger partial charge in [0.1, 0.15) is 48.5 Å². The van der Waals surface area contributed by atoms with E-state index < -0.39 is 138 Å². The van der Waals surface area contributed by atoms with Gasteiger partial charge in [-0.25, -0.2) is 4.79 Å². The number of aliphatic hydroxyl groups excluding tert-OH is 2. The van der Waals surface area contributed by atoms with Gasteiger partial charge in [0, 0.05) is 33.6 Å². The number of nitrogens with one attached hydrogen (secondary N) is 3. The fourth-order valence-electron chi connectivity index (χ4n) is 9.76. The van der Waals surface area contributed by atoms with Crippen molar-refractivity contribution in [3.63, 3.8) is 0 Å². The van der Waals surface area contributed by atoms with E-state index in [1.807, 2.05) is 27.7 Å². The van der Waals surface area contributed by atoms with Gasteiger partial charge in [0.2, 0.25) is 29.5 Å². The Hall–Kier alpha value is -5.63. The number of ether oxygens (including phenoxy) is 2. The number of esters is 2. The zero-order valence-electron chi connectivity index (χ0n) is 44.3. The summed E-state index contributed by atoms with van der Waals surface area (Å²) in [6.07, 6.45) is -4.78. The molecule has 0 spiro atoms. The molecule has 4 rings (SSSR count). The second kappa shape index (κ2) is 26.4. The number of carbonyl (C=O) groups is 9. The number of nitrogens with zero attached hydrogens (tertiary/aromatic N) is 4. The minimum atomic E-state index is -1.71. The van der Waals surface area contributed by atoms with Crippen LogP contribution in [-0.2, 0) is 59.0 Å². The van der Waals surface area contributed by atoms with E-state index in [2.05, 4.69) is 16.0 Å². The van der Waals surface area contributed by atoms with Gasteiger partial charge in [-0.05, 0) is 81.6 Å². The number of likely N-dealkylation sites (tertiary alicyclic amines) is 1. The number of benzene rings is 1. The highest BCUT2D eigenvalue weighted by Crippen LogP contribution is 2.26. The molecule has 72 heavy (non-hydrogen) atoms. The molecule has 0 aliphatic carbocycles. The Morgan fingerprint density at radius 2 is 1.47 bits per heavy atom. The second-order valence-electron chi connectivity index (χ2n) is 21.3. The summed E-state index contributed by atoms with van der Waals surface area (Å²) < 4.78 is 11.8. The molecular formula is C52H81N7O13. The minimum absolute atomic E-state index is 0.0457. The van der Waals surface area contributed by atoms with E-state index in [0.717, 1.165) is 0 Å². The first-order valence-electron chi connectivity index (χ1n) is 25.6. The summed E-state index contributed by atoms with van der Waals surface area (Å²) in [5.41, 5.74) is 0.657. The molecule has 0 bridgehead atoms. The fourth-order valence-corrected chi connectivity index (χ4v) is 9.76. The molecule has 7 amide bonds. The first-order valence-corrected chi connectivity index (χ1v) is 25.6. The van der Waals surface area contributed by atoms with Crippen molar-refractivity contribution in [1.29, 1.82) is 0 Å². The predicted octanol–water partition coefficient (Wildman–Crippen LogP) is 1.71. The number of aliphatic hydroxyl groups is 2. The molecule has 0 aromatic heterocycles. The molecule has 0 saturated carbocycles. The number of hydrogen-bond acceptors (Lipinski definition) is 13. The van der Waals surface area contributed by atoms with E-state index in [-0.39, 0.29) is 50.6 Å². The lowest BCUT2D eigenvalue weighted by Crippen LogP contribution is -2.62. The van der Waals surface area contributed by atoms with Crippen LogP contribution in [0, 0.1) is 23.7 Å². The fraction of sp³-hybridized carbons (Fsp3) is 0.712. The molecule has 3 aliphatic heterocycles. The Labute approximate surface area is 424 Å². The smallest absolute Gasteiger partial charge is 0.329 e. The van der Waals surface area contributed by atoms with Gasteiger partial charge >= 0.3 is 11.9 Å². The molecule has 5 N–H and O–H groups in total. The standard InChI is InChI=1S/C52H81N7O13/c1-28(2)24-35-49(67)59-23-17-21-37(59)51(69)57(12)39(26-34-18-14-13-15-19-34)52(70)71-33(10)43(46(64)54-42(30(5)6)40(61)27-41(62)72-44(31(7)8)47(65)53-35)55-45(63)38(25-29(3)4)56(11)50(68)36-20-16-22-58(36)48(66)32(9)60/h13-15,18-19,28-33,35-40,42-44,60-61H,16-17,20-27H2,1-12H3,(H,53,65)(H,54,64)(H,55,63)/t32-,33+,35-,36?,37-,38?,39-,40+,42+,43-,44+/m0/s1. The third-order valence-corrected chi connectivity index (χ3v) is 13.8. The van der Waals surface area contributed by atoms with Gasteiger partial charge < -0.3 is 55.2 Å². The van der Waals surface area contributed by atoms with Crippen LogP contribution in [0.5, 0.6) is 0 Å². The summed E-state index contributed by atoms with van der Waals surface area (Å²) in [5.74, 6) is -8.09. The number of fused-ring (bicyclic) bond motifs is 1. The number of carbonyl (C=O) groups excluding carboxylic acids is 9. The maximum atomic E-state index is 14.8. The maximum Gasteiger partial charge on any atom is 0.329 e. The Kier molecular flexibility index (Phi) is 21.6. The molecule has 3 aliphatic rings. The third kappa shape index (κ3) is 15.2. The Bertz CT molecular complexity index is 2080. The predicted molar refractivity (Wildman–Crippen MR) is 265 cm³/mol. The average molecular weight is 1010 g/mol. The van der Waals surface area contributed by atoms with Crippen LogP contribution in [0.1, 0.15) is 120 Å². The van der Waals surface area contributed by atoms with Crippen LogP contribution in [0.3, 0.4) is 0 Å². The minimum Gasteiger partial charge on any atom is -0.458 e. The maximum absolute atomic E-state index is 14.8. The summed E-state index contributed by atoms with van der Waals surface area (Å²) >= 11 is 0. The first-order chi connectivity index (χ1) is 33.7. The summed E-state index contributed by atoms with van der Waals surface area (Å²) in [7, 11) is 2.84. The second-order valence-corrected chi connectivity index (χ2v) is 21.3. The van der Waals surface area contributed by atoms with Crippen molar-refractivity contribution in [2.75, 3.05) is 27.2 Å². The van der Waals surface area contributed by atoms with Crippen LogP contribution >= 0.6 is 0 Å². The number of cyclic esters (lactones) is 2. The lowest BCUT2D eigenvalue weighted by Gasteiger charge is -2.36. The highest BCUT2D eigenvalue weighted by molar-refractivity contribution is 5.97. The average Bonchev–Trinajstić information content (AvgIpc) is 4.01. The lowest BCUT2D eigenvalue weighted by molar-refractivity contribution is -0.162. The van der Waals surface area contributed by atoms with Gasteiger partial charge in [0.25, 0.3) is 11.8 Å². The Morgan fingerprint density at radius 1 is 0.833 bits per heavy atom. The normalized spacial score (nSPS) is 27.5. The third-order valence-electron chi connectivity index (χ3n) is 13.8. The van der Waals surface area contributed by atoms with E-state index in [1.165, 1.54) is 47.5 Å². The molecule has 11 atom stereocenters. The van der Waals surface area contributed by atoms with Gasteiger partial charge in [-0.2, -0.15) is 0 Å². The van der Waals surface area contributed by atoms with Gasteiger partial charge in [-0.15, -0.1) is 0 Å². The highest BCUT2D eigenvalue weighted by atomic mass is 16.6. The van der Waals surface area contributed by atoms with Gasteiger partial charge in [-0.1, -0.05) is 85.7 Å². The summed E-state index contributed by atoms with van der Waals surface area (Å²) in [4.78, 5) is 133. The zero-order chi connectivity index (χ0) is 53.9. The molecule has 20 heteroatoms. The monoisotopic (exact) mass is 1010 g/mol. The number of hydrogen-bond donors (Lipinski definition) is 5. The van der Waals surface area contributed by atoms with Crippen molar-refractivity contribution >= 4 is 53.3 Å². The largest absolute Gasteiger partial charge is 0.458 e. The van der Waals surface area contributed by atoms with Gasteiger partial charge in [0.15, 0.2) is 6.10 Å². The van der Waals surface area contributed by atoms with E-state index in [1.54, 1.807) is 58.0 Å². The SMILES string of the molecule is CC(C)CC(C(=O)N[C@@H]1C(=O)N[C@H](C(C)C)[C@H](O)CC(=O)O[C@H](C(C)C)C(=O)N[C@@H](CC(C)C)C(=O)N2CCC[C@H]2C(=O)N(C)[C@@H](Cc2ccccc2)C(=O)O[C@@H]1C)N(C)C(=O)C1CCCN1C(=O)[C@H](C)O. The quantitative estimate of drug-likeness (QED) is 0.177. The van der Waals surface area contributed by atoms with Crippen LogP contribution in [0.2, 0.25) is 0 Å². The molecule has 0 radical (unpaired) electrons. The van der Waals surface area contributed by atoms with Crippen LogP contribution in [-0.4, -0.2) is 177 Å². The zero-order valence-corrected chi connectivity index (χ0v) is 44.3. The van der Waals surface area contributed by atoms with Crippen molar-refractivity contribution < 1.29 is 62.8 Å². The summed E-state index contributed by atoms with van der Waals surface area (Å²) in [6, 6.07) is 0.329. The highest BCUT2D eigenvalue weighted by Gasteiger charge is 2.45. The summed E-state index contributed by atoms with van der Waals surface area (Å²) in [6.45, 7) is 17.2. The molecule has 3 saturated heterocycles. The molecule has 402 valence electrons. The molecular weight excluding hydrogens is 931 g/mol. The number of likely N-dealkylation sites (N-methyl/N-ethyl adjacent to an activating group) is 2. The first kappa shape index (κ1) is 58.9. The molecule has 3 fully saturated rings. The van der Waals surface area contributed by atoms with E-state index in [4.69, 9.17) is 9.47 Å². The van der Waals surface area contributed by atoms with E-state index in [0.29, 0.717) is 24.8 Å². The molecule has 3 heterocycles.